The lowest BCUT2D eigenvalue weighted by molar-refractivity contribution is 0.798. The van der Waals surface area contributed by atoms with Crippen LogP contribution in [0.1, 0.15) is 29.5 Å². The molecule has 0 amide bonds. The van der Waals surface area contributed by atoms with E-state index in [1.807, 2.05) is 25.5 Å². The van der Waals surface area contributed by atoms with Crippen LogP contribution >= 0.6 is 11.3 Å². The van der Waals surface area contributed by atoms with Gasteiger partial charge in [0, 0.05) is 29.4 Å². The second-order valence-electron chi connectivity index (χ2n) is 4.36. The fourth-order valence-corrected chi connectivity index (χ4v) is 3.15. The molecule has 1 N–H and O–H groups in total. The second-order valence-corrected chi connectivity index (χ2v) is 5.44. The lowest BCUT2D eigenvalue weighted by atomic mass is 10.2. The molecular weight excluding hydrogens is 242 g/mol. The van der Waals surface area contributed by atoms with Crippen LogP contribution in [0.4, 0.5) is 0 Å². The molecule has 96 valence electrons. The Hall–Kier alpha value is -1.26. The summed E-state index contributed by atoms with van der Waals surface area (Å²) < 4.78 is 0. The first-order chi connectivity index (χ1) is 8.76. The Labute approximate surface area is 112 Å². The third-order valence-corrected chi connectivity index (χ3v) is 3.98. The first-order valence-corrected chi connectivity index (χ1v) is 7.12. The van der Waals surface area contributed by atoms with Gasteiger partial charge in [-0.25, -0.2) is 4.98 Å². The summed E-state index contributed by atoms with van der Waals surface area (Å²) in [5, 5.41) is 4.33. The van der Waals surface area contributed by atoms with Crippen LogP contribution in [0.2, 0.25) is 0 Å². The van der Waals surface area contributed by atoms with E-state index < -0.39 is 0 Å². The van der Waals surface area contributed by atoms with Gasteiger partial charge in [0.1, 0.15) is 5.01 Å². The van der Waals surface area contributed by atoms with Crippen molar-refractivity contribution in [3.8, 4) is 10.6 Å². The number of hydrogen-bond acceptors (Lipinski definition) is 4. The zero-order valence-electron chi connectivity index (χ0n) is 11.2. The van der Waals surface area contributed by atoms with Crippen molar-refractivity contribution in [2.45, 2.75) is 33.2 Å². The Morgan fingerprint density at radius 3 is 2.89 bits per heavy atom. The molecule has 0 atom stereocenters. The fraction of sp³-hybridized carbons (Fsp3) is 0.429. The number of aryl methyl sites for hydroxylation is 2. The minimum atomic E-state index is 0.900. The van der Waals surface area contributed by atoms with E-state index in [0.29, 0.717) is 0 Å². The smallest absolute Gasteiger partial charge is 0.124 e. The Morgan fingerprint density at radius 1 is 1.39 bits per heavy atom. The molecular formula is C14H19N3S. The summed E-state index contributed by atoms with van der Waals surface area (Å²) in [5.74, 6) is 0. The van der Waals surface area contributed by atoms with E-state index in [0.717, 1.165) is 24.4 Å². The van der Waals surface area contributed by atoms with Gasteiger partial charge in [-0.2, -0.15) is 0 Å². The van der Waals surface area contributed by atoms with Crippen LogP contribution < -0.4 is 5.32 Å². The van der Waals surface area contributed by atoms with Crippen molar-refractivity contribution in [3.63, 3.8) is 0 Å². The third-order valence-electron chi connectivity index (χ3n) is 2.85. The van der Waals surface area contributed by atoms with Gasteiger partial charge < -0.3 is 5.32 Å². The van der Waals surface area contributed by atoms with Crippen LogP contribution in [0, 0.1) is 6.92 Å². The number of nitrogens with zero attached hydrogens (tertiary/aromatic N) is 2. The van der Waals surface area contributed by atoms with Gasteiger partial charge in [0.05, 0.1) is 5.69 Å². The van der Waals surface area contributed by atoms with E-state index in [-0.39, 0.29) is 0 Å². The normalized spacial score (nSPS) is 10.8. The predicted octanol–water partition coefficient (Wildman–Crippen LogP) is 3.19. The third kappa shape index (κ3) is 2.76. The Balaban J connectivity index is 2.40. The molecule has 0 unspecified atom stereocenters. The highest BCUT2D eigenvalue weighted by Crippen LogP contribution is 2.30. The Morgan fingerprint density at radius 2 is 2.22 bits per heavy atom. The Bertz CT molecular complexity index is 496. The summed E-state index contributed by atoms with van der Waals surface area (Å²) in [7, 11) is 1.98. The molecule has 2 aromatic heterocycles. The van der Waals surface area contributed by atoms with Crippen LogP contribution in [0.5, 0.6) is 0 Å². The fourth-order valence-electron chi connectivity index (χ4n) is 1.94. The van der Waals surface area contributed by atoms with Crippen LogP contribution in [0.25, 0.3) is 10.6 Å². The van der Waals surface area contributed by atoms with Crippen molar-refractivity contribution in [2.75, 3.05) is 7.05 Å². The average molecular weight is 261 g/mol. The van der Waals surface area contributed by atoms with E-state index in [4.69, 9.17) is 4.98 Å². The van der Waals surface area contributed by atoms with Gasteiger partial charge in [-0.3, -0.25) is 4.98 Å². The molecule has 0 saturated heterocycles. The summed E-state index contributed by atoms with van der Waals surface area (Å²) in [5.41, 5.74) is 3.63. The molecule has 4 heteroatoms. The van der Waals surface area contributed by atoms with Crippen LogP contribution in [0.3, 0.4) is 0 Å². The number of hydrogen-bond donors (Lipinski definition) is 1. The predicted molar refractivity (Wildman–Crippen MR) is 76.8 cm³/mol. The van der Waals surface area contributed by atoms with E-state index in [9.17, 15) is 0 Å². The maximum atomic E-state index is 4.80. The Kier molecular flexibility index (Phi) is 4.44. The molecule has 3 nitrogen and oxygen atoms in total. The minimum Gasteiger partial charge on any atom is -0.315 e. The maximum absolute atomic E-state index is 4.80. The summed E-state index contributed by atoms with van der Waals surface area (Å²) in [6.07, 6.45) is 5.92. The van der Waals surface area contributed by atoms with Crippen LogP contribution in [-0.2, 0) is 13.0 Å². The molecule has 0 radical (unpaired) electrons. The molecule has 0 aromatic carbocycles. The molecule has 0 fully saturated rings. The number of rotatable bonds is 5. The molecule has 0 aliphatic heterocycles. The number of pyridine rings is 1. The first kappa shape index (κ1) is 13.2. The van der Waals surface area contributed by atoms with E-state index >= 15 is 0 Å². The topological polar surface area (TPSA) is 37.8 Å². The average Bonchev–Trinajstić information content (AvgIpc) is 2.74. The van der Waals surface area contributed by atoms with Crippen molar-refractivity contribution in [1.82, 2.24) is 15.3 Å². The molecule has 2 heterocycles. The van der Waals surface area contributed by atoms with Crippen molar-refractivity contribution in [2.24, 2.45) is 0 Å². The van der Waals surface area contributed by atoms with Crippen molar-refractivity contribution >= 4 is 11.3 Å². The molecule has 18 heavy (non-hydrogen) atoms. The van der Waals surface area contributed by atoms with Crippen molar-refractivity contribution in [3.05, 3.63) is 34.6 Å². The largest absolute Gasteiger partial charge is 0.315 e. The molecule has 0 aliphatic rings. The van der Waals surface area contributed by atoms with E-state index in [2.05, 4.69) is 24.1 Å². The van der Waals surface area contributed by atoms with Gasteiger partial charge in [-0.1, -0.05) is 13.3 Å². The van der Waals surface area contributed by atoms with Gasteiger partial charge in [-0.15, -0.1) is 11.3 Å². The number of thiazole rings is 1. The van der Waals surface area contributed by atoms with E-state index in [1.165, 1.54) is 21.7 Å². The molecule has 2 aromatic rings. The minimum absolute atomic E-state index is 0.900. The SMILES string of the molecule is CCCc1nc(-c2ccncc2C)sc1CNC. The quantitative estimate of drug-likeness (QED) is 0.898. The number of nitrogens with one attached hydrogen (secondary N) is 1. The van der Waals surface area contributed by atoms with Gasteiger partial charge in [-0.05, 0) is 32.0 Å². The highest BCUT2D eigenvalue weighted by atomic mass is 32.1. The number of aromatic nitrogens is 2. The second kappa shape index (κ2) is 6.07. The summed E-state index contributed by atoms with van der Waals surface area (Å²) in [6.45, 7) is 5.18. The van der Waals surface area contributed by atoms with Gasteiger partial charge in [0.25, 0.3) is 0 Å². The highest BCUT2D eigenvalue weighted by Gasteiger charge is 2.12. The molecule has 0 aliphatic carbocycles. The zero-order valence-corrected chi connectivity index (χ0v) is 12.0. The van der Waals surface area contributed by atoms with E-state index in [1.54, 1.807) is 11.3 Å². The summed E-state index contributed by atoms with van der Waals surface area (Å²) >= 11 is 1.79. The first-order valence-electron chi connectivity index (χ1n) is 6.30. The van der Waals surface area contributed by atoms with Crippen LogP contribution in [0.15, 0.2) is 18.5 Å². The highest BCUT2D eigenvalue weighted by molar-refractivity contribution is 7.15. The maximum Gasteiger partial charge on any atom is 0.124 e. The van der Waals surface area contributed by atoms with Gasteiger partial charge >= 0.3 is 0 Å². The van der Waals surface area contributed by atoms with Crippen molar-refractivity contribution in [1.29, 1.82) is 0 Å². The lowest BCUT2D eigenvalue weighted by Crippen LogP contribution is -2.05. The molecule has 2 rings (SSSR count). The molecule has 0 saturated carbocycles. The summed E-state index contributed by atoms with van der Waals surface area (Å²) in [6, 6.07) is 2.05. The van der Waals surface area contributed by atoms with Crippen molar-refractivity contribution < 1.29 is 0 Å². The molecule has 0 spiro atoms. The molecule has 0 bridgehead atoms. The van der Waals surface area contributed by atoms with Gasteiger partial charge in [0.15, 0.2) is 0 Å². The zero-order chi connectivity index (χ0) is 13.0. The standard InChI is InChI=1S/C14H19N3S/c1-4-5-12-13(9-15-3)18-14(17-12)11-6-7-16-8-10(11)2/h6-8,15H,4-5,9H2,1-3H3. The van der Waals surface area contributed by atoms with Gasteiger partial charge in [0.2, 0.25) is 0 Å². The monoisotopic (exact) mass is 261 g/mol. The summed E-state index contributed by atoms with van der Waals surface area (Å²) in [4.78, 5) is 10.3. The lowest BCUT2D eigenvalue weighted by Gasteiger charge is -1.99. The van der Waals surface area contributed by atoms with Crippen LogP contribution in [-0.4, -0.2) is 17.0 Å².